The molecule has 4 aliphatic rings. The lowest BCUT2D eigenvalue weighted by Crippen LogP contribution is -2.47. The van der Waals surface area contributed by atoms with Crippen LogP contribution in [0.15, 0.2) is 54.2 Å². The molecule has 3 fully saturated rings. The minimum absolute atomic E-state index is 0.100. The summed E-state index contributed by atoms with van der Waals surface area (Å²) in [5.41, 5.74) is 4.03. The number of Topliss-reactive ketones (excluding diaryl/α,β-unsaturated/α-hetero) is 2. The number of aromatic hydroxyl groups is 1. The molecule has 7 atom stereocenters. The lowest BCUT2D eigenvalue weighted by molar-refractivity contribution is -0.146. The molecular weight excluding hydrogens is 480 g/mol. The Hall–Kier alpha value is -2.83. The van der Waals surface area contributed by atoms with E-state index in [9.17, 15) is 29.7 Å². The number of rotatable bonds is 5. The van der Waals surface area contributed by atoms with Gasteiger partial charge in [0.25, 0.3) is 0 Å². The van der Waals surface area contributed by atoms with E-state index in [1.54, 1.807) is 18.2 Å². The second-order valence-electron chi connectivity index (χ2n) is 11.4. The molecule has 3 saturated carbocycles. The van der Waals surface area contributed by atoms with E-state index >= 15 is 0 Å². The number of allylic oxidation sites excluding steroid dienone is 6. The van der Waals surface area contributed by atoms with Crippen molar-refractivity contribution >= 4 is 17.9 Å². The van der Waals surface area contributed by atoms with E-state index < -0.39 is 23.9 Å². The average Bonchev–Trinajstić information content (AvgIpc) is 3.21. The van der Waals surface area contributed by atoms with Crippen LogP contribution >= 0.6 is 0 Å². The Balaban J connectivity index is 0.000000179. The van der Waals surface area contributed by atoms with Gasteiger partial charge in [0.05, 0.1) is 12.0 Å². The van der Waals surface area contributed by atoms with Crippen LogP contribution in [0.4, 0.5) is 0 Å². The Bertz CT molecular complexity index is 1150. The number of carbonyl (C=O) groups is 3. The van der Waals surface area contributed by atoms with Crippen LogP contribution in [-0.2, 0) is 20.8 Å². The third kappa shape index (κ3) is 5.48. The van der Waals surface area contributed by atoms with Gasteiger partial charge in [0.1, 0.15) is 23.9 Å². The molecule has 6 nitrogen and oxygen atoms in total. The summed E-state index contributed by atoms with van der Waals surface area (Å²) < 4.78 is 0. The Morgan fingerprint density at radius 3 is 2.66 bits per heavy atom. The predicted octanol–water partition coefficient (Wildman–Crippen LogP) is 4.76. The maximum atomic E-state index is 12.2. The van der Waals surface area contributed by atoms with Gasteiger partial charge in [-0.15, -0.1) is 0 Å². The van der Waals surface area contributed by atoms with Crippen molar-refractivity contribution in [3.8, 4) is 5.75 Å². The number of phenolic OH excluding ortho intramolecular Hbond substituents is 1. The third-order valence-corrected chi connectivity index (χ3v) is 9.05. The molecule has 1 aromatic carbocycles. The van der Waals surface area contributed by atoms with E-state index in [2.05, 4.69) is 26.0 Å². The summed E-state index contributed by atoms with van der Waals surface area (Å²) in [6.45, 7) is 4.25. The van der Waals surface area contributed by atoms with Gasteiger partial charge in [-0.05, 0) is 73.6 Å². The van der Waals surface area contributed by atoms with Gasteiger partial charge in [-0.25, -0.2) is 0 Å². The third-order valence-electron chi connectivity index (χ3n) is 9.05. The first kappa shape index (κ1) is 28.2. The molecule has 0 spiro atoms. The monoisotopic (exact) mass is 520 g/mol. The van der Waals surface area contributed by atoms with Crippen LogP contribution in [0.1, 0.15) is 75.8 Å². The fourth-order valence-corrected chi connectivity index (χ4v) is 6.80. The second kappa shape index (κ2) is 11.9. The van der Waals surface area contributed by atoms with Crippen molar-refractivity contribution in [1.82, 2.24) is 0 Å². The normalized spacial score (nSPS) is 34.3. The minimum atomic E-state index is -1.43. The Morgan fingerprint density at radius 2 is 1.92 bits per heavy atom. The molecule has 3 N–H and O–H groups in total. The van der Waals surface area contributed by atoms with Crippen LogP contribution in [0.2, 0.25) is 0 Å². The minimum Gasteiger partial charge on any atom is -0.508 e. The molecule has 0 radical (unpaired) electrons. The van der Waals surface area contributed by atoms with E-state index in [1.807, 2.05) is 18.2 Å². The highest BCUT2D eigenvalue weighted by molar-refractivity contribution is 5.97. The van der Waals surface area contributed by atoms with Gasteiger partial charge in [0, 0.05) is 17.8 Å². The molecule has 0 saturated heterocycles. The summed E-state index contributed by atoms with van der Waals surface area (Å²) in [4.78, 5) is 34.8. The Kier molecular flexibility index (Phi) is 8.84. The Labute approximate surface area is 225 Å². The molecule has 0 heterocycles. The molecule has 1 aromatic rings. The number of unbranched alkanes of at least 4 members (excludes halogenated alkanes) is 1. The van der Waals surface area contributed by atoms with Crippen LogP contribution in [-0.4, -0.2) is 45.4 Å². The summed E-state index contributed by atoms with van der Waals surface area (Å²) in [5, 5.41) is 28.6. The second-order valence-corrected chi connectivity index (χ2v) is 11.4. The molecule has 0 aromatic heterocycles. The van der Waals surface area contributed by atoms with Gasteiger partial charge in [-0.3, -0.25) is 9.59 Å². The largest absolute Gasteiger partial charge is 0.508 e. The van der Waals surface area contributed by atoms with E-state index in [4.69, 9.17) is 0 Å². The predicted molar refractivity (Wildman–Crippen MR) is 146 cm³/mol. The summed E-state index contributed by atoms with van der Waals surface area (Å²) in [7, 11) is 0. The molecule has 7 unspecified atom stereocenters. The number of hydrogen-bond donors (Lipinski definition) is 3. The van der Waals surface area contributed by atoms with Crippen LogP contribution < -0.4 is 0 Å². The maximum Gasteiger partial charge on any atom is 0.174 e. The molecule has 4 aliphatic carbocycles. The number of phenols is 1. The topological polar surface area (TPSA) is 112 Å². The molecular formula is C32H40O6. The number of fused-ring (bicyclic) bond motifs is 5. The Morgan fingerprint density at radius 1 is 1.13 bits per heavy atom. The summed E-state index contributed by atoms with van der Waals surface area (Å²) >= 11 is 0. The van der Waals surface area contributed by atoms with Crippen LogP contribution in [0, 0.1) is 23.2 Å². The summed E-state index contributed by atoms with van der Waals surface area (Å²) in [5.74, 6) is -0.00971. The SMILES string of the molecule is CC12CCC3C(=CCc4cc(O)ccc43)C1CCC2=O.CCCC=CC=CC1CC(O)C(O)C(=O)C1C=O. The fourth-order valence-electron chi connectivity index (χ4n) is 6.80. The number of aliphatic hydroxyl groups excluding tert-OH is 2. The molecule has 0 aliphatic heterocycles. The van der Waals surface area contributed by atoms with Crippen molar-refractivity contribution in [3.05, 3.63) is 65.3 Å². The summed E-state index contributed by atoms with van der Waals surface area (Å²) in [6, 6.07) is 5.79. The smallest absolute Gasteiger partial charge is 0.174 e. The highest BCUT2D eigenvalue weighted by Gasteiger charge is 2.52. The lowest BCUT2D eigenvalue weighted by Gasteiger charge is -2.43. The van der Waals surface area contributed by atoms with Gasteiger partial charge >= 0.3 is 0 Å². The first-order valence-electron chi connectivity index (χ1n) is 13.9. The fraction of sp³-hybridized carbons (Fsp3) is 0.531. The number of carbonyl (C=O) groups excluding carboxylic acids is 3. The first-order chi connectivity index (χ1) is 18.2. The number of aliphatic hydroxyl groups is 2. The zero-order chi connectivity index (χ0) is 27.4. The highest BCUT2D eigenvalue weighted by Crippen LogP contribution is 2.57. The lowest BCUT2D eigenvalue weighted by atomic mass is 9.60. The molecule has 204 valence electrons. The quantitative estimate of drug-likeness (QED) is 0.223. The number of ketones is 2. The number of benzene rings is 1. The van der Waals surface area contributed by atoms with Gasteiger partial charge in [-0.1, -0.05) is 62.3 Å². The van der Waals surface area contributed by atoms with Crippen LogP contribution in [0.3, 0.4) is 0 Å². The van der Waals surface area contributed by atoms with Gasteiger partial charge < -0.3 is 20.1 Å². The zero-order valence-electron chi connectivity index (χ0n) is 22.4. The standard InChI is InChI=1S/C18H20O2.C14H20O4/c1-18-9-8-14-13-5-3-12(19)10-11(13)2-4-15(14)16(18)6-7-17(18)20;1-2-3-4-5-6-7-10-8-12(16)14(18)13(17)11(10)9-15/h3-5,10,14,16,19H,2,6-9H2,1H3;4-7,9-12,14,16,18H,2-3,8H2,1H3. The average molecular weight is 521 g/mol. The molecule has 38 heavy (non-hydrogen) atoms. The first-order valence-corrected chi connectivity index (χ1v) is 13.9. The number of hydrogen-bond acceptors (Lipinski definition) is 6. The van der Waals surface area contributed by atoms with Crippen molar-refractivity contribution in [1.29, 1.82) is 0 Å². The van der Waals surface area contributed by atoms with Crippen molar-refractivity contribution < 1.29 is 29.7 Å². The van der Waals surface area contributed by atoms with E-state index in [0.717, 1.165) is 44.9 Å². The van der Waals surface area contributed by atoms with Crippen molar-refractivity contribution in [3.63, 3.8) is 0 Å². The number of aldehydes is 1. The van der Waals surface area contributed by atoms with E-state index in [1.165, 1.54) is 16.7 Å². The van der Waals surface area contributed by atoms with Gasteiger partial charge in [0.2, 0.25) is 0 Å². The highest BCUT2D eigenvalue weighted by atomic mass is 16.3. The molecule has 6 heteroatoms. The van der Waals surface area contributed by atoms with Crippen molar-refractivity contribution in [2.75, 3.05) is 0 Å². The van der Waals surface area contributed by atoms with Crippen molar-refractivity contribution in [2.24, 2.45) is 23.2 Å². The van der Waals surface area contributed by atoms with Gasteiger partial charge in [0.15, 0.2) is 5.78 Å². The van der Waals surface area contributed by atoms with Gasteiger partial charge in [-0.2, -0.15) is 0 Å². The van der Waals surface area contributed by atoms with Crippen molar-refractivity contribution in [2.45, 2.75) is 83.3 Å². The van der Waals surface area contributed by atoms with Crippen LogP contribution in [0.5, 0.6) is 5.75 Å². The molecule has 5 rings (SSSR count). The van der Waals surface area contributed by atoms with Crippen LogP contribution in [0.25, 0.3) is 0 Å². The molecule has 0 amide bonds. The zero-order valence-corrected chi connectivity index (χ0v) is 22.4. The molecule has 0 bridgehead atoms. The van der Waals surface area contributed by atoms with E-state index in [-0.39, 0.29) is 17.8 Å². The van der Waals surface area contributed by atoms with E-state index in [0.29, 0.717) is 29.7 Å². The maximum absolute atomic E-state index is 12.2. The summed E-state index contributed by atoms with van der Waals surface area (Å²) in [6.07, 6.45) is 14.8.